The fourth-order valence-electron chi connectivity index (χ4n) is 3.31. The number of amides is 1. The van der Waals surface area contributed by atoms with Crippen LogP contribution in [0.25, 0.3) is 11.8 Å². The highest BCUT2D eigenvalue weighted by Gasteiger charge is 2.16. The number of carbonyl (C=O) groups excluding carboxylic acids is 1. The van der Waals surface area contributed by atoms with Crippen molar-refractivity contribution in [3.05, 3.63) is 94.8 Å². The lowest BCUT2D eigenvalue weighted by Gasteiger charge is -2.13. The Labute approximate surface area is 165 Å². The van der Waals surface area contributed by atoms with Crippen LogP contribution in [0, 0.1) is 25.2 Å². The van der Waals surface area contributed by atoms with Crippen molar-refractivity contribution >= 4 is 12.0 Å². The van der Waals surface area contributed by atoms with Crippen LogP contribution in [-0.4, -0.2) is 10.5 Å². The summed E-state index contributed by atoms with van der Waals surface area (Å²) in [6, 6.07) is 23.6. The highest BCUT2D eigenvalue weighted by Crippen LogP contribution is 2.23. The van der Waals surface area contributed by atoms with Gasteiger partial charge in [0, 0.05) is 17.1 Å². The second kappa shape index (κ2) is 8.41. The van der Waals surface area contributed by atoms with E-state index < -0.39 is 0 Å². The number of para-hydroxylation sites is 1. The summed E-state index contributed by atoms with van der Waals surface area (Å²) in [6.45, 7) is 5.91. The van der Waals surface area contributed by atoms with Crippen molar-refractivity contribution < 1.29 is 4.79 Å². The van der Waals surface area contributed by atoms with Crippen molar-refractivity contribution in [2.24, 2.45) is 0 Å². The maximum atomic E-state index is 12.6. The predicted octanol–water partition coefficient (Wildman–Crippen LogP) is 4.88. The summed E-state index contributed by atoms with van der Waals surface area (Å²) in [5.41, 5.74) is 5.04. The van der Waals surface area contributed by atoms with Gasteiger partial charge in [-0.15, -0.1) is 0 Å². The van der Waals surface area contributed by atoms with Crippen LogP contribution in [0.4, 0.5) is 0 Å². The van der Waals surface area contributed by atoms with E-state index in [1.54, 1.807) is 6.08 Å². The van der Waals surface area contributed by atoms with Gasteiger partial charge < -0.3 is 9.88 Å². The standard InChI is InChI=1S/C24H23N3O/c1-17-14-21(19(3)27(17)23-12-8-5-9-13-23)15-22(16-25)24(28)26-18(2)20-10-6-4-7-11-20/h4-15,18H,1-3H3,(H,26,28)/b22-15+/t18-/m0/s1. The maximum Gasteiger partial charge on any atom is 0.262 e. The third kappa shape index (κ3) is 4.05. The molecule has 1 atom stereocenters. The molecule has 0 radical (unpaired) electrons. The van der Waals surface area contributed by atoms with Gasteiger partial charge in [-0.2, -0.15) is 5.26 Å². The summed E-state index contributed by atoms with van der Waals surface area (Å²) in [4.78, 5) is 12.6. The lowest BCUT2D eigenvalue weighted by molar-refractivity contribution is -0.117. The molecule has 140 valence electrons. The SMILES string of the molecule is Cc1cc(/C=C(\C#N)C(=O)N[C@@H](C)c2ccccc2)c(C)n1-c1ccccc1. The van der Waals surface area contributed by atoms with E-state index >= 15 is 0 Å². The average molecular weight is 369 g/mol. The summed E-state index contributed by atoms with van der Waals surface area (Å²) in [6.07, 6.45) is 1.66. The first-order chi connectivity index (χ1) is 13.5. The van der Waals surface area contributed by atoms with E-state index in [4.69, 9.17) is 0 Å². The Kier molecular flexibility index (Phi) is 5.76. The molecule has 1 N–H and O–H groups in total. The number of aromatic nitrogens is 1. The van der Waals surface area contributed by atoms with Crippen molar-refractivity contribution in [1.29, 1.82) is 5.26 Å². The normalized spacial score (nSPS) is 12.3. The molecule has 28 heavy (non-hydrogen) atoms. The Hall–Kier alpha value is -3.58. The van der Waals surface area contributed by atoms with Crippen LogP contribution in [0.5, 0.6) is 0 Å². The molecule has 0 bridgehead atoms. The van der Waals surface area contributed by atoms with Gasteiger partial charge in [-0.1, -0.05) is 48.5 Å². The van der Waals surface area contributed by atoms with Crippen LogP contribution in [0.3, 0.4) is 0 Å². The van der Waals surface area contributed by atoms with Gasteiger partial charge in [0.05, 0.1) is 6.04 Å². The summed E-state index contributed by atoms with van der Waals surface area (Å²) < 4.78 is 2.12. The molecule has 0 fully saturated rings. The minimum Gasteiger partial charge on any atom is -0.345 e. The highest BCUT2D eigenvalue weighted by molar-refractivity contribution is 6.02. The largest absolute Gasteiger partial charge is 0.345 e. The number of nitriles is 1. The van der Waals surface area contributed by atoms with Crippen LogP contribution in [0.15, 0.2) is 72.3 Å². The fourth-order valence-corrected chi connectivity index (χ4v) is 3.31. The minimum atomic E-state index is -0.372. The van der Waals surface area contributed by atoms with E-state index in [1.807, 2.05) is 93.6 Å². The highest BCUT2D eigenvalue weighted by atomic mass is 16.1. The molecule has 0 saturated heterocycles. The quantitative estimate of drug-likeness (QED) is 0.515. The van der Waals surface area contributed by atoms with E-state index in [-0.39, 0.29) is 17.5 Å². The van der Waals surface area contributed by atoms with Crippen molar-refractivity contribution in [2.45, 2.75) is 26.8 Å². The van der Waals surface area contributed by atoms with Crippen molar-refractivity contribution in [1.82, 2.24) is 9.88 Å². The number of benzene rings is 2. The van der Waals surface area contributed by atoms with Gasteiger partial charge in [0.25, 0.3) is 5.91 Å². The Morgan fingerprint density at radius 2 is 1.68 bits per heavy atom. The van der Waals surface area contributed by atoms with Crippen LogP contribution in [0.1, 0.15) is 35.5 Å². The molecular formula is C24H23N3O. The molecule has 0 unspecified atom stereocenters. The van der Waals surface area contributed by atoms with Gasteiger partial charge >= 0.3 is 0 Å². The van der Waals surface area contributed by atoms with Crippen LogP contribution < -0.4 is 5.32 Å². The van der Waals surface area contributed by atoms with Crippen molar-refractivity contribution in [2.75, 3.05) is 0 Å². The van der Waals surface area contributed by atoms with Gasteiger partial charge in [-0.3, -0.25) is 4.79 Å². The molecule has 1 heterocycles. The zero-order valence-electron chi connectivity index (χ0n) is 16.3. The molecule has 0 aliphatic carbocycles. The van der Waals surface area contributed by atoms with Crippen LogP contribution in [-0.2, 0) is 4.79 Å². The molecule has 4 heteroatoms. The van der Waals surface area contributed by atoms with Gasteiger partial charge in [0.1, 0.15) is 11.6 Å². The Balaban J connectivity index is 1.87. The topological polar surface area (TPSA) is 57.8 Å². The molecule has 0 aliphatic rings. The molecule has 4 nitrogen and oxygen atoms in total. The zero-order valence-corrected chi connectivity index (χ0v) is 16.3. The molecule has 1 amide bonds. The van der Waals surface area contributed by atoms with Gasteiger partial charge in [-0.05, 0) is 56.2 Å². The summed E-state index contributed by atoms with van der Waals surface area (Å²) >= 11 is 0. The monoisotopic (exact) mass is 369 g/mol. The third-order valence-corrected chi connectivity index (χ3v) is 4.80. The second-order valence-electron chi connectivity index (χ2n) is 6.77. The lowest BCUT2D eigenvalue weighted by atomic mass is 10.1. The number of hydrogen-bond donors (Lipinski definition) is 1. The molecule has 3 rings (SSSR count). The zero-order chi connectivity index (χ0) is 20.1. The summed E-state index contributed by atoms with van der Waals surface area (Å²) in [5, 5.41) is 12.4. The second-order valence-corrected chi connectivity index (χ2v) is 6.77. The van der Waals surface area contributed by atoms with Gasteiger partial charge in [0.15, 0.2) is 0 Å². The molecule has 2 aromatic carbocycles. The van der Waals surface area contributed by atoms with Crippen LogP contribution in [0.2, 0.25) is 0 Å². The Morgan fingerprint density at radius 1 is 1.07 bits per heavy atom. The number of hydrogen-bond acceptors (Lipinski definition) is 2. The molecule has 0 aliphatic heterocycles. The summed E-state index contributed by atoms with van der Waals surface area (Å²) in [7, 11) is 0. The van der Waals surface area contributed by atoms with E-state index in [1.165, 1.54) is 0 Å². The smallest absolute Gasteiger partial charge is 0.262 e. The molecule has 1 aromatic heterocycles. The van der Waals surface area contributed by atoms with E-state index in [9.17, 15) is 10.1 Å². The Bertz CT molecular complexity index is 1040. The number of carbonyl (C=O) groups is 1. The first kappa shape index (κ1) is 19.2. The van der Waals surface area contributed by atoms with E-state index in [0.717, 1.165) is 28.2 Å². The van der Waals surface area contributed by atoms with E-state index in [0.29, 0.717) is 0 Å². The number of nitrogens with one attached hydrogen (secondary N) is 1. The fraction of sp³-hybridized carbons (Fsp3) is 0.167. The number of aryl methyl sites for hydroxylation is 1. The maximum absolute atomic E-state index is 12.6. The average Bonchev–Trinajstić information content (AvgIpc) is 3.00. The van der Waals surface area contributed by atoms with Crippen molar-refractivity contribution in [3.63, 3.8) is 0 Å². The molecule has 0 saturated carbocycles. The first-order valence-corrected chi connectivity index (χ1v) is 9.23. The predicted molar refractivity (Wildman–Crippen MR) is 112 cm³/mol. The lowest BCUT2D eigenvalue weighted by Crippen LogP contribution is -2.27. The molecular weight excluding hydrogens is 346 g/mol. The van der Waals surface area contributed by atoms with Gasteiger partial charge in [-0.25, -0.2) is 0 Å². The van der Waals surface area contributed by atoms with Gasteiger partial charge in [0.2, 0.25) is 0 Å². The first-order valence-electron chi connectivity index (χ1n) is 9.23. The van der Waals surface area contributed by atoms with Crippen molar-refractivity contribution in [3.8, 4) is 11.8 Å². The Morgan fingerprint density at radius 3 is 2.29 bits per heavy atom. The molecule has 3 aromatic rings. The number of nitrogens with zero attached hydrogens (tertiary/aromatic N) is 2. The third-order valence-electron chi connectivity index (χ3n) is 4.80. The van der Waals surface area contributed by atoms with E-state index in [2.05, 4.69) is 9.88 Å². The minimum absolute atomic E-state index is 0.0936. The summed E-state index contributed by atoms with van der Waals surface area (Å²) in [5.74, 6) is -0.372. The van der Waals surface area contributed by atoms with Crippen LogP contribution >= 0.6 is 0 Å². The number of rotatable bonds is 5. The molecule has 0 spiro atoms.